The summed E-state index contributed by atoms with van der Waals surface area (Å²) in [5.41, 5.74) is 6.17. The first-order chi connectivity index (χ1) is 8.63. The van der Waals surface area contributed by atoms with Gasteiger partial charge in [0.2, 0.25) is 0 Å². The van der Waals surface area contributed by atoms with Gasteiger partial charge in [0, 0.05) is 12.3 Å². The maximum absolute atomic E-state index is 11.4. The summed E-state index contributed by atoms with van der Waals surface area (Å²) in [5, 5.41) is 8.26. The molecule has 0 heterocycles. The Morgan fingerprint density at radius 1 is 1.33 bits per heavy atom. The van der Waals surface area contributed by atoms with Gasteiger partial charge >= 0.3 is 11.3 Å². The lowest BCUT2D eigenvalue weighted by atomic mass is 10.2. The van der Waals surface area contributed by atoms with Crippen molar-refractivity contribution in [3.8, 4) is 0 Å². The van der Waals surface area contributed by atoms with Crippen LogP contribution in [0.1, 0.15) is 5.56 Å². The van der Waals surface area contributed by atoms with Crippen molar-refractivity contribution >= 4 is 23.0 Å². The van der Waals surface area contributed by atoms with Crippen LogP contribution in [-0.2, 0) is 16.1 Å². The highest BCUT2D eigenvalue weighted by Crippen LogP contribution is 2.13. The molecule has 0 radical (unpaired) electrons. The van der Waals surface area contributed by atoms with Crippen LogP contribution in [0.4, 0.5) is 4.79 Å². The Kier molecular flexibility index (Phi) is 6.24. The minimum atomic E-state index is -0.999. The largest absolute Gasteiger partial charge is 0.481 e. The fourth-order valence-corrected chi connectivity index (χ4v) is 1.93. The molecular formula is C12H15NO4S. The summed E-state index contributed by atoms with van der Waals surface area (Å²) in [7, 11) is 0. The number of aliphatic carboxylic acids is 1. The molecule has 0 aliphatic carbocycles. The molecule has 0 fully saturated rings. The molecule has 1 atom stereocenters. The van der Waals surface area contributed by atoms with Crippen LogP contribution in [0.3, 0.4) is 0 Å². The van der Waals surface area contributed by atoms with E-state index < -0.39 is 17.2 Å². The van der Waals surface area contributed by atoms with Gasteiger partial charge in [-0.2, -0.15) is 0 Å². The highest BCUT2D eigenvalue weighted by atomic mass is 32.2. The summed E-state index contributed by atoms with van der Waals surface area (Å²) in [5.74, 6) is -1.60. The summed E-state index contributed by atoms with van der Waals surface area (Å²) in [6.07, 6.45) is 0. The third-order valence-corrected chi connectivity index (χ3v) is 3.16. The number of carboxylic acid groups (broad SMARTS) is 1. The molecule has 0 aliphatic rings. The van der Waals surface area contributed by atoms with Crippen molar-refractivity contribution in [2.45, 2.75) is 6.61 Å². The number of hydrogen-bond donors (Lipinski definition) is 2. The minimum absolute atomic E-state index is 0.00823. The van der Waals surface area contributed by atoms with Gasteiger partial charge in [0.1, 0.15) is 6.61 Å². The van der Waals surface area contributed by atoms with Gasteiger partial charge in [-0.05, 0) is 17.3 Å². The monoisotopic (exact) mass is 269 g/mol. The standard InChI is InChI=1S/C12H15NO4S/c13-6-10(11(14)15)8-18-12(16)17-7-9-4-2-1-3-5-9/h1-5,10H,6-8,13H2,(H,14,15). The van der Waals surface area contributed by atoms with Crippen molar-refractivity contribution in [2.75, 3.05) is 12.3 Å². The number of ether oxygens (including phenoxy) is 1. The minimum Gasteiger partial charge on any atom is -0.481 e. The number of benzene rings is 1. The summed E-state index contributed by atoms with van der Waals surface area (Å²) in [6, 6.07) is 9.27. The van der Waals surface area contributed by atoms with Gasteiger partial charge in [0.15, 0.2) is 0 Å². The number of carboxylic acids is 1. The maximum Gasteiger partial charge on any atom is 0.367 e. The van der Waals surface area contributed by atoms with E-state index in [9.17, 15) is 9.59 Å². The van der Waals surface area contributed by atoms with Gasteiger partial charge in [0.05, 0.1) is 5.92 Å². The molecule has 1 rings (SSSR count). The van der Waals surface area contributed by atoms with E-state index in [1.165, 1.54) is 0 Å². The maximum atomic E-state index is 11.4. The molecule has 0 aliphatic heterocycles. The Morgan fingerprint density at radius 3 is 2.56 bits per heavy atom. The molecule has 98 valence electrons. The second-order valence-electron chi connectivity index (χ2n) is 3.61. The van der Waals surface area contributed by atoms with Crippen molar-refractivity contribution in [1.82, 2.24) is 0 Å². The average molecular weight is 269 g/mol. The smallest absolute Gasteiger partial charge is 0.367 e. The molecule has 0 saturated carbocycles. The molecule has 1 aromatic carbocycles. The van der Waals surface area contributed by atoms with E-state index in [-0.39, 0.29) is 18.9 Å². The Balaban J connectivity index is 2.28. The Labute approximate surface area is 109 Å². The van der Waals surface area contributed by atoms with Crippen LogP contribution in [0.15, 0.2) is 30.3 Å². The van der Waals surface area contributed by atoms with Crippen LogP contribution in [0.25, 0.3) is 0 Å². The van der Waals surface area contributed by atoms with E-state index in [1.807, 2.05) is 30.3 Å². The number of nitrogens with two attached hydrogens (primary N) is 1. The van der Waals surface area contributed by atoms with Gasteiger partial charge in [-0.25, -0.2) is 4.79 Å². The number of rotatable bonds is 6. The molecule has 6 heteroatoms. The fraction of sp³-hybridized carbons (Fsp3) is 0.333. The van der Waals surface area contributed by atoms with Crippen LogP contribution in [0, 0.1) is 5.92 Å². The SMILES string of the molecule is NCC(CSC(=O)OCc1ccccc1)C(=O)O. The van der Waals surface area contributed by atoms with Crippen molar-refractivity contribution in [1.29, 1.82) is 0 Å². The quantitative estimate of drug-likeness (QED) is 0.764. The number of carbonyl (C=O) groups is 2. The van der Waals surface area contributed by atoms with Crippen molar-refractivity contribution in [2.24, 2.45) is 11.7 Å². The summed E-state index contributed by atoms with van der Waals surface area (Å²) < 4.78 is 4.99. The third-order valence-electron chi connectivity index (χ3n) is 2.24. The first-order valence-electron chi connectivity index (χ1n) is 5.40. The van der Waals surface area contributed by atoms with E-state index in [0.29, 0.717) is 0 Å². The predicted octanol–water partition coefficient (Wildman–Crippen LogP) is 1.72. The van der Waals surface area contributed by atoms with E-state index in [1.54, 1.807) is 0 Å². The van der Waals surface area contributed by atoms with Crippen LogP contribution >= 0.6 is 11.8 Å². The van der Waals surface area contributed by atoms with E-state index in [0.717, 1.165) is 17.3 Å². The van der Waals surface area contributed by atoms with Gasteiger partial charge in [-0.15, -0.1) is 0 Å². The van der Waals surface area contributed by atoms with Gasteiger partial charge in [-0.3, -0.25) is 4.79 Å². The van der Waals surface area contributed by atoms with Crippen molar-refractivity contribution in [3.05, 3.63) is 35.9 Å². The molecule has 0 spiro atoms. The Morgan fingerprint density at radius 2 is 2.00 bits per heavy atom. The van der Waals surface area contributed by atoms with Gasteiger partial charge in [-0.1, -0.05) is 30.3 Å². The number of hydrogen-bond acceptors (Lipinski definition) is 5. The van der Waals surface area contributed by atoms with Gasteiger partial charge < -0.3 is 15.6 Å². The molecule has 0 saturated heterocycles. The number of thioether (sulfide) groups is 1. The molecule has 3 N–H and O–H groups in total. The van der Waals surface area contributed by atoms with Crippen LogP contribution in [0.5, 0.6) is 0 Å². The fourth-order valence-electron chi connectivity index (χ4n) is 1.17. The third kappa shape index (κ3) is 5.20. The molecule has 0 aromatic heterocycles. The molecule has 18 heavy (non-hydrogen) atoms. The molecular weight excluding hydrogens is 254 g/mol. The summed E-state index contributed by atoms with van der Waals surface area (Å²) in [6.45, 7) is 0.196. The topological polar surface area (TPSA) is 89.6 Å². The first kappa shape index (κ1) is 14.5. The molecule has 1 unspecified atom stereocenters. The summed E-state index contributed by atoms with van der Waals surface area (Å²) in [4.78, 5) is 22.0. The second-order valence-corrected chi connectivity index (χ2v) is 4.56. The Bertz CT molecular complexity index is 396. The zero-order valence-electron chi connectivity index (χ0n) is 9.74. The van der Waals surface area contributed by atoms with Gasteiger partial charge in [0.25, 0.3) is 0 Å². The predicted molar refractivity (Wildman–Crippen MR) is 69.3 cm³/mol. The van der Waals surface area contributed by atoms with E-state index >= 15 is 0 Å². The van der Waals surface area contributed by atoms with E-state index in [4.69, 9.17) is 15.6 Å². The first-order valence-corrected chi connectivity index (χ1v) is 6.38. The molecule has 1 aromatic rings. The van der Waals surface area contributed by atoms with Crippen molar-refractivity contribution < 1.29 is 19.4 Å². The highest BCUT2D eigenvalue weighted by Gasteiger charge is 2.17. The van der Waals surface area contributed by atoms with Crippen LogP contribution < -0.4 is 5.73 Å². The lowest BCUT2D eigenvalue weighted by Gasteiger charge is -2.08. The van der Waals surface area contributed by atoms with Crippen molar-refractivity contribution in [3.63, 3.8) is 0 Å². The highest BCUT2D eigenvalue weighted by molar-refractivity contribution is 8.13. The lowest BCUT2D eigenvalue weighted by molar-refractivity contribution is -0.140. The van der Waals surface area contributed by atoms with E-state index in [2.05, 4.69) is 0 Å². The second kappa shape index (κ2) is 7.73. The zero-order valence-corrected chi connectivity index (χ0v) is 10.6. The average Bonchev–Trinajstić information content (AvgIpc) is 2.38. The molecule has 5 nitrogen and oxygen atoms in total. The van der Waals surface area contributed by atoms with Crippen LogP contribution in [0.2, 0.25) is 0 Å². The summed E-state index contributed by atoms with van der Waals surface area (Å²) >= 11 is 0.835. The van der Waals surface area contributed by atoms with Crippen LogP contribution in [-0.4, -0.2) is 28.7 Å². The lowest BCUT2D eigenvalue weighted by Crippen LogP contribution is -2.25. The Hall–Kier alpha value is -1.53. The zero-order chi connectivity index (χ0) is 13.4. The molecule has 0 bridgehead atoms. The number of carbonyl (C=O) groups excluding carboxylic acids is 1. The normalized spacial score (nSPS) is 11.8. The molecule has 0 amide bonds.